The SMILES string of the molecule is CCOCCCNC(C)C1CCCC1. The summed E-state index contributed by atoms with van der Waals surface area (Å²) in [6, 6.07) is 0.708. The Morgan fingerprint density at radius 3 is 2.71 bits per heavy atom. The van der Waals surface area contributed by atoms with E-state index < -0.39 is 0 Å². The minimum atomic E-state index is 0.708. The standard InChI is InChI=1S/C12H25NO/c1-3-14-10-6-9-13-11(2)12-7-4-5-8-12/h11-13H,3-10H2,1-2H3. The van der Waals surface area contributed by atoms with E-state index in [4.69, 9.17) is 4.74 Å². The zero-order valence-electron chi connectivity index (χ0n) is 9.72. The van der Waals surface area contributed by atoms with Crippen LogP contribution < -0.4 is 5.32 Å². The highest BCUT2D eigenvalue weighted by Crippen LogP contribution is 2.27. The lowest BCUT2D eigenvalue weighted by Crippen LogP contribution is -2.33. The van der Waals surface area contributed by atoms with Crippen molar-refractivity contribution >= 4 is 0 Å². The van der Waals surface area contributed by atoms with Crippen LogP contribution in [0.5, 0.6) is 0 Å². The van der Waals surface area contributed by atoms with E-state index in [0.29, 0.717) is 6.04 Å². The lowest BCUT2D eigenvalue weighted by molar-refractivity contribution is 0.143. The summed E-state index contributed by atoms with van der Waals surface area (Å²) >= 11 is 0. The van der Waals surface area contributed by atoms with Gasteiger partial charge in [0.05, 0.1) is 0 Å². The van der Waals surface area contributed by atoms with Crippen molar-refractivity contribution in [3.8, 4) is 0 Å². The van der Waals surface area contributed by atoms with Crippen LogP contribution in [0.1, 0.15) is 46.0 Å². The van der Waals surface area contributed by atoms with Gasteiger partial charge in [0.2, 0.25) is 0 Å². The van der Waals surface area contributed by atoms with Crippen LogP contribution in [0.3, 0.4) is 0 Å². The van der Waals surface area contributed by atoms with Crippen LogP contribution in [0, 0.1) is 5.92 Å². The molecule has 1 aliphatic rings. The van der Waals surface area contributed by atoms with Gasteiger partial charge in [0.1, 0.15) is 0 Å². The van der Waals surface area contributed by atoms with E-state index in [1.54, 1.807) is 0 Å². The van der Waals surface area contributed by atoms with Crippen LogP contribution in [0.4, 0.5) is 0 Å². The molecule has 1 rings (SSSR count). The molecule has 0 aromatic heterocycles. The van der Waals surface area contributed by atoms with E-state index in [0.717, 1.165) is 32.1 Å². The first-order chi connectivity index (χ1) is 6.84. The molecule has 1 N–H and O–H groups in total. The molecule has 0 heterocycles. The average molecular weight is 199 g/mol. The Balaban J connectivity index is 1.94. The Morgan fingerprint density at radius 2 is 2.07 bits per heavy atom. The Morgan fingerprint density at radius 1 is 1.36 bits per heavy atom. The summed E-state index contributed by atoms with van der Waals surface area (Å²) in [4.78, 5) is 0. The molecule has 14 heavy (non-hydrogen) atoms. The Hall–Kier alpha value is -0.0800. The highest BCUT2D eigenvalue weighted by molar-refractivity contribution is 4.76. The summed E-state index contributed by atoms with van der Waals surface area (Å²) in [5.74, 6) is 0.932. The van der Waals surface area contributed by atoms with E-state index in [9.17, 15) is 0 Å². The van der Waals surface area contributed by atoms with Gasteiger partial charge in [-0.1, -0.05) is 12.8 Å². The van der Waals surface area contributed by atoms with Crippen molar-refractivity contribution in [3.63, 3.8) is 0 Å². The first kappa shape index (κ1) is 12.0. The summed E-state index contributed by atoms with van der Waals surface area (Å²) in [6.07, 6.45) is 6.88. The summed E-state index contributed by atoms with van der Waals surface area (Å²) in [6.45, 7) is 7.24. The monoisotopic (exact) mass is 199 g/mol. The van der Waals surface area contributed by atoms with E-state index in [2.05, 4.69) is 19.2 Å². The molecule has 0 aliphatic heterocycles. The Bertz CT molecular complexity index is 132. The van der Waals surface area contributed by atoms with Crippen molar-refractivity contribution in [2.45, 2.75) is 52.0 Å². The van der Waals surface area contributed by atoms with Gasteiger partial charge in [-0.3, -0.25) is 0 Å². The van der Waals surface area contributed by atoms with Gasteiger partial charge >= 0.3 is 0 Å². The van der Waals surface area contributed by atoms with Crippen molar-refractivity contribution in [2.75, 3.05) is 19.8 Å². The van der Waals surface area contributed by atoms with E-state index >= 15 is 0 Å². The highest BCUT2D eigenvalue weighted by Gasteiger charge is 2.20. The van der Waals surface area contributed by atoms with E-state index in [1.807, 2.05) is 0 Å². The molecule has 1 fully saturated rings. The van der Waals surface area contributed by atoms with Crippen molar-refractivity contribution < 1.29 is 4.74 Å². The van der Waals surface area contributed by atoms with Gasteiger partial charge < -0.3 is 10.1 Å². The molecule has 0 radical (unpaired) electrons. The molecule has 84 valence electrons. The fourth-order valence-electron chi connectivity index (χ4n) is 2.27. The highest BCUT2D eigenvalue weighted by atomic mass is 16.5. The second kappa shape index (κ2) is 7.24. The predicted octanol–water partition coefficient (Wildman–Crippen LogP) is 2.58. The zero-order valence-corrected chi connectivity index (χ0v) is 9.72. The van der Waals surface area contributed by atoms with Crippen molar-refractivity contribution in [2.24, 2.45) is 5.92 Å². The molecule has 0 spiro atoms. The third-order valence-electron chi connectivity index (χ3n) is 3.24. The van der Waals surface area contributed by atoms with Gasteiger partial charge in [-0.15, -0.1) is 0 Å². The van der Waals surface area contributed by atoms with Crippen molar-refractivity contribution in [3.05, 3.63) is 0 Å². The third-order valence-corrected chi connectivity index (χ3v) is 3.24. The van der Waals surface area contributed by atoms with Crippen LogP contribution in [-0.2, 0) is 4.74 Å². The molecule has 0 bridgehead atoms. The fraction of sp³-hybridized carbons (Fsp3) is 1.00. The van der Waals surface area contributed by atoms with E-state index in [-0.39, 0.29) is 0 Å². The number of hydrogen-bond acceptors (Lipinski definition) is 2. The first-order valence-electron chi connectivity index (χ1n) is 6.15. The predicted molar refractivity (Wildman–Crippen MR) is 60.5 cm³/mol. The molecule has 1 aliphatic carbocycles. The number of hydrogen-bond donors (Lipinski definition) is 1. The third kappa shape index (κ3) is 4.43. The molecular weight excluding hydrogens is 174 g/mol. The molecule has 0 saturated heterocycles. The summed E-state index contributed by atoms with van der Waals surface area (Å²) < 4.78 is 5.30. The van der Waals surface area contributed by atoms with Gasteiger partial charge in [0, 0.05) is 19.3 Å². The second-order valence-corrected chi connectivity index (χ2v) is 4.34. The Labute approximate surface area is 88.4 Å². The van der Waals surface area contributed by atoms with Crippen LogP contribution >= 0.6 is 0 Å². The van der Waals surface area contributed by atoms with Gasteiger partial charge in [-0.2, -0.15) is 0 Å². The quantitative estimate of drug-likeness (QED) is 0.636. The van der Waals surface area contributed by atoms with Crippen molar-refractivity contribution in [1.29, 1.82) is 0 Å². The summed E-state index contributed by atoms with van der Waals surface area (Å²) in [5, 5.41) is 3.60. The lowest BCUT2D eigenvalue weighted by Gasteiger charge is -2.20. The smallest absolute Gasteiger partial charge is 0.0477 e. The minimum Gasteiger partial charge on any atom is -0.382 e. The molecule has 0 aromatic carbocycles. The van der Waals surface area contributed by atoms with Crippen LogP contribution in [0.25, 0.3) is 0 Å². The molecule has 0 amide bonds. The minimum absolute atomic E-state index is 0.708. The lowest BCUT2D eigenvalue weighted by atomic mass is 10.00. The zero-order chi connectivity index (χ0) is 10.2. The second-order valence-electron chi connectivity index (χ2n) is 4.34. The number of nitrogens with one attached hydrogen (secondary N) is 1. The molecule has 2 heteroatoms. The topological polar surface area (TPSA) is 21.3 Å². The average Bonchev–Trinajstić information content (AvgIpc) is 2.70. The van der Waals surface area contributed by atoms with Gasteiger partial charge in [-0.05, 0) is 45.6 Å². The van der Waals surface area contributed by atoms with Crippen LogP contribution in [0.2, 0.25) is 0 Å². The molecule has 1 unspecified atom stereocenters. The first-order valence-corrected chi connectivity index (χ1v) is 6.15. The fourth-order valence-corrected chi connectivity index (χ4v) is 2.27. The molecular formula is C12H25NO. The van der Waals surface area contributed by atoms with Gasteiger partial charge in [0.15, 0.2) is 0 Å². The van der Waals surface area contributed by atoms with Crippen LogP contribution in [0.15, 0.2) is 0 Å². The van der Waals surface area contributed by atoms with E-state index in [1.165, 1.54) is 25.7 Å². The normalized spacial score (nSPS) is 20.1. The van der Waals surface area contributed by atoms with Crippen LogP contribution in [-0.4, -0.2) is 25.8 Å². The number of ether oxygens (including phenoxy) is 1. The maximum atomic E-state index is 5.30. The largest absolute Gasteiger partial charge is 0.382 e. The maximum Gasteiger partial charge on any atom is 0.0477 e. The molecule has 2 nitrogen and oxygen atoms in total. The van der Waals surface area contributed by atoms with Gasteiger partial charge in [0.25, 0.3) is 0 Å². The molecule has 0 aromatic rings. The summed E-state index contributed by atoms with van der Waals surface area (Å²) in [5.41, 5.74) is 0. The maximum absolute atomic E-state index is 5.30. The Kier molecular flexibility index (Phi) is 6.20. The van der Waals surface area contributed by atoms with Gasteiger partial charge in [-0.25, -0.2) is 0 Å². The number of rotatable bonds is 7. The van der Waals surface area contributed by atoms with Crippen molar-refractivity contribution in [1.82, 2.24) is 5.32 Å². The summed E-state index contributed by atoms with van der Waals surface area (Å²) in [7, 11) is 0. The molecule has 1 saturated carbocycles. The molecule has 1 atom stereocenters.